The molecule has 0 atom stereocenters. The summed E-state index contributed by atoms with van der Waals surface area (Å²) in [6.45, 7) is 4.14. The van der Waals surface area contributed by atoms with Gasteiger partial charge < -0.3 is 9.73 Å². The maximum Gasteiger partial charge on any atom is 0.196 e. The van der Waals surface area contributed by atoms with Crippen molar-refractivity contribution in [2.75, 3.05) is 5.32 Å². The zero-order chi connectivity index (χ0) is 15.1. The van der Waals surface area contributed by atoms with Gasteiger partial charge in [-0.3, -0.25) is 0 Å². The number of nitrogens with one attached hydrogen (secondary N) is 1. The van der Waals surface area contributed by atoms with Crippen molar-refractivity contribution in [3.8, 4) is 0 Å². The minimum atomic E-state index is 0.685. The average Bonchev–Trinajstić information content (AvgIpc) is 2.91. The van der Waals surface area contributed by atoms with Crippen LogP contribution in [0.25, 0.3) is 22.1 Å². The quantitative estimate of drug-likeness (QED) is 0.579. The van der Waals surface area contributed by atoms with Crippen LogP contribution in [0, 0.1) is 13.8 Å². The van der Waals surface area contributed by atoms with Crippen LogP contribution in [0.3, 0.4) is 0 Å². The van der Waals surface area contributed by atoms with Crippen LogP contribution in [0.1, 0.15) is 11.1 Å². The van der Waals surface area contributed by atoms with Crippen LogP contribution in [0.2, 0.25) is 0 Å². The number of fused-ring (bicyclic) bond motifs is 3. The molecule has 0 bridgehead atoms. The lowest BCUT2D eigenvalue weighted by molar-refractivity contribution is 0.667. The molecule has 0 saturated carbocycles. The van der Waals surface area contributed by atoms with Gasteiger partial charge in [0.05, 0.1) is 0 Å². The second-order valence-electron chi connectivity index (χ2n) is 5.44. The Morgan fingerprint density at radius 2 is 1.86 bits per heavy atom. The summed E-state index contributed by atoms with van der Waals surface area (Å²) in [5.74, 6) is 0.690. The molecule has 0 saturated heterocycles. The van der Waals surface area contributed by atoms with Gasteiger partial charge in [0.25, 0.3) is 0 Å². The summed E-state index contributed by atoms with van der Waals surface area (Å²) in [6, 6.07) is 14.2. The molecule has 0 radical (unpaired) electrons. The zero-order valence-electron chi connectivity index (χ0n) is 12.4. The molecule has 0 fully saturated rings. The summed E-state index contributed by atoms with van der Waals surface area (Å²) in [4.78, 5) is 8.72. The highest BCUT2D eigenvalue weighted by Gasteiger charge is 2.13. The number of hydrogen-bond acceptors (Lipinski definition) is 4. The molecule has 4 rings (SSSR count). The number of aryl methyl sites for hydroxylation is 2. The zero-order valence-corrected chi connectivity index (χ0v) is 12.4. The van der Waals surface area contributed by atoms with Gasteiger partial charge in [0, 0.05) is 11.1 Å². The Bertz CT molecular complexity index is 988. The van der Waals surface area contributed by atoms with Crippen LogP contribution in [-0.4, -0.2) is 9.97 Å². The number of para-hydroxylation sites is 1. The van der Waals surface area contributed by atoms with Crippen molar-refractivity contribution in [2.45, 2.75) is 13.8 Å². The van der Waals surface area contributed by atoms with Gasteiger partial charge >= 0.3 is 0 Å². The van der Waals surface area contributed by atoms with E-state index in [9.17, 15) is 0 Å². The third-order valence-corrected chi connectivity index (χ3v) is 3.80. The number of anilines is 2. The van der Waals surface area contributed by atoms with Crippen molar-refractivity contribution in [3.63, 3.8) is 0 Å². The maximum atomic E-state index is 5.94. The second-order valence-corrected chi connectivity index (χ2v) is 5.44. The minimum absolute atomic E-state index is 0.685. The third-order valence-electron chi connectivity index (χ3n) is 3.80. The smallest absolute Gasteiger partial charge is 0.196 e. The van der Waals surface area contributed by atoms with Gasteiger partial charge in [-0.25, -0.2) is 9.97 Å². The number of aromatic nitrogens is 2. The summed E-state index contributed by atoms with van der Waals surface area (Å²) in [5, 5.41) is 4.38. The Balaban J connectivity index is 1.90. The van der Waals surface area contributed by atoms with Gasteiger partial charge in [0.1, 0.15) is 17.4 Å². The van der Waals surface area contributed by atoms with E-state index in [1.165, 1.54) is 5.56 Å². The van der Waals surface area contributed by atoms with E-state index in [2.05, 4.69) is 47.3 Å². The standard InChI is InChI=1S/C18H15N3O/c1-11-7-8-12(2)14(9-11)21-18-17-16(19-10-20-18)13-5-3-4-6-15(13)22-17/h3-10H,1-2H3,(H,19,20,21). The summed E-state index contributed by atoms with van der Waals surface area (Å²) in [5.41, 5.74) is 5.72. The van der Waals surface area contributed by atoms with E-state index in [-0.39, 0.29) is 0 Å². The first-order chi connectivity index (χ1) is 10.7. The first-order valence-electron chi connectivity index (χ1n) is 7.19. The van der Waals surface area contributed by atoms with Crippen molar-refractivity contribution in [2.24, 2.45) is 0 Å². The minimum Gasteiger partial charge on any atom is -0.450 e. The van der Waals surface area contributed by atoms with E-state index in [4.69, 9.17) is 4.42 Å². The number of furan rings is 1. The predicted octanol–water partition coefficient (Wildman–Crippen LogP) is 4.74. The molecule has 2 heterocycles. The van der Waals surface area contributed by atoms with Crippen molar-refractivity contribution in [1.29, 1.82) is 0 Å². The highest BCUT2D eigenvalue weighted by Crippen LogP contribution is 2.32. The number of hydrogen-bond donors (Lipinski definition) is 1. The van der Waals surface area contributed by atoms with E-state index in [1.807, 2.05) is 24.3 Å². The van der Waals surface area contributed by atoms with Gasteiger partial charge in [0.15, 0.2) is 11.4 Å². The highest BCUT2D eigenvalue weighted by atomic mass is 16.3. The summed E-state index contributed by atoms with van der Waals surface area (Å²) < 4.78 is 5.94. The number of nitrogens with zero attached hydrogens (tertiary/aromatic N) is 2. The average molecular weight is 289 g/mol. The first kappa shape index (κ1) is 12.8. The molecule has 4 heteroatoms. The predicted molar refractivity (Wildman–Crippen MR) is 88.5 cm³/mol. The molecule has 2 aromatic heterocycles. The van der Waals surface area contributed by atoms with Crippen molar-refractivity contribution >= 4 is 33.6 Å². The normalized spacial score (nSPS) is 11.2. The Kier molecular flexibility index (Phi) is 2.82. The number of rotatable bonds is 2. The van der Waals surface area contributed by atoms with Gasteiger partial charge in [0.2, 0.25) is 0 Å². The van der Waals surface area contributed by atoms with Crippen LogP contribution in [-0.2, 0) is 0 Å². The lowest BCUT2D eigenvalue weighted by atomic mass is 10.1. The molecule has 4 aromatic rings. The highest BCUT2D eigenvalue weighted by molar-refractivity contribution is 6.05. The molecule has 4 nitrogen and oxygen atoms in total. The second kappa shape index (κ2) is 4.84. The topological polar surface area (TPSA) is 51.0 Å². The molecule has 0 amide bonds. The Morgan fingerprint density at radius 1 is 1.00 bits per heavy atom. The van der Waals surface area contributed by atoms with Crippen LogP contribution < -0.4 is 5.32 Å². The van der Waals surface area contributed by atoms with E-state index in [1.54, 1.807) is 6.33 Å². The molecule has 0 aliphatic heterocycles. The van der Waals surface area contributed by atoms with E-state index in [0.29, 0.717) is 11.4 Å². The summed E-state index contributed by atoms with van der Waals surface area (Å²) in [7, 11) is 0. The van der Waals surface area contributed by atoms with E-state index < -0.39 is 0 Å². The number of benzene rings is 2. The fourth-order valence-corrected chi connectivity index (χ4v) is 2.61. The summed E-state index contributed by atoms with van der Waals surface area (Å²) in [6.07, 6.45) is 1.57. The van der Waals surface area contributed by atoms with Gasteiger partial charge in [-0.05, 0) is 43.2 Å². The molecular weight excluding hydrogens is 274 g/mol. The largest absolute Gasteiger partial charge is 0.450 e. The van der Waals surface area contributed by atoms with Gasteiger partial charge in [-0.1, -0.05) is 24.3 Å². The third kappa shape index (κ3) is 2.00. The first-order valence-corrected chi connectivity index (χ1v) is 7.19. The molecule has 1 N–H and O–H groups in total. The van der Waals surface area contributed by atoms with Gasteiger partial charge in [-0.15, -0.1) is 0 Å². The van der Waals surface area contributed by atoms with Crippen molar-refractivity contribution < 1.29 is 4.42 Å². The van der Waals surface area contributed by atoms with Gasteiger partial charge in [-0.2, -0.15) is 0 Å². The molecule has 0 aliphatic rings. The maximum absolute atomic E-state index is 5.94. The van der Waals surface area contributed by atoms with E-state index in [0.717, 1.165) is 27.7 Å². The monoisotopic (exact) mass is 289 g/mol. The van der Waals surface area contributed by atoms with Crippen LogP contribution in [0.15, 0.2) is 53.2 Å². The SMILES string of the molecule is Cc1ccc(C)c(Nc2ncnc3c2oc2ccccc23)c1. The van der Waals surface area contributed by atoms with Crippen LogP contribution >= 0.6 is 0 Å². The fraction of sp³-hybridized carbons (Fsp3) is 0.111. The Morgan fingerprint density at radius 3 is 2.77 bits per heavy atom. The molecule has 0 aliphatic carbocycles. The summed E-state index contributed by atoms with van der Waals surface area (Å²) >= 11 is 0. The molecule has 0 unspecified atom stereocenters. The molecular formula is C18H15N3O. The molecule has 22 heavy (non-hydrogen) atoms. The lowest BCUT2D eigenvalue weighted by Crippen LogP contribution is -1.97. The van der Waals surface area contributed by atoms with Crippen molar-refractivity contribution in [3.05, 3.63) is 59.9 Å². The molecule has 2 aromatic carbocycles. The van der Waals surface area contributed by atoms with Crippen molar-refractivity contribution in [1.82, 2.24) is 9.97 Å². The van der Waals surface area contributed by atoms with Crippen LogP contribution in [0.5, 0.6) is 0 Å². The molecule has 108 valence electrons. The Hall–Kier alpha value is -2.88. The van der Waals surface area contributed by atoms with E-state index >= 15 is 0 Å². The fourth-order valence-electron chi connectivity index (χ4n) is 2.61. The Labute approximate surface area is 127 Å². The van der Waals surface area contributed by atoms with Crippen LogP contribution in [0.4, 0.5) is 11.5 Å². The lowest BCUT2D eigenvalue weighted by Gasteiger charge is -2.09. The molecule has 0 spiro atoms.